The summed E-state index contributed by atoms with van der Waals surface area (Å²) < 4.78 is 0. The van der Waals surface area contributed by atoms with Gasteiger partial charge in [-0.25, -0.2) is 0 Å². The van der Waals surface area contributed by atoms with Crippen molar-refractivity contribution in [2.45, 2.75) is 19.3 Å². The Morgan fingerprint density at radius 2 is 1.24 bits per heavy atom. The van der Waals surface area contributed by atoms with E-state index in [-0.39, 0.29) is 43.1 Å². The Kier molecular flexibility index (Phi) is 6.73. The molecule has 3 rings (SSSR count). The van der Waals surface area contributed by atoms with E-state index in [1.165, 1.54) is 0 Å². The van der Waals surface area contributed by atoms with Crippen molar-refractivity contribution in [1.29, 1.82) is 0 Å². The molecule has 2 N–H and O–H groups in total. The zero-order chi connectivity index (χ0) is 20.6. The summed E-state index contributed by atoms with van der Waals surface area (Å²) in [5.41, 5.74) is 1.84. The van der Waals surface area contributed by atoms with Crippen LogP contribution in [-0.2, 0) is 16.0 Å². The third-order valence-electron chi connectivity index (χ3n) is 4.69. The van der Waals surface area contributed by atoms with E-state index in [0.717, 1.165) is 10.5 Å². The van der Waals surface area contributed by atoms with E-state index in [2.05, 4.69) is 10.6 Å². The minimum atomic E-state index is -0.371. The fourth-order valence-electron chi connectivity index (χ4n) is 3.14. The zero-order valence-electron chi connectivity index (χ0n) is 16.0. The fraction of sp³-hybridized carbons (Fsp3) is 0.273. The highest BCUT2D eigenvalue weighted by Gasteiger charge is 2.34. The van der Waals surface area contributed by atoms with E-state index in [1.807, 2.05) is 30.3 Å². The van der Waals surface area contributed by atoms with E-state index >= 15 is 0 Å². The lowest BCUT2D eigenvalue weighted by Crippen LogP contribution is -2.37. The molecule has 0 aromatic heterocycles. The first-order valence-corrected chi connectivity index (χ1v) is 9.59. The molecular formula is C22H23N3O4. The Morgan fingerprint density at radius 1 is 0.724 bits per heavy atom. The first kappa shape index (κ1) is 20.3. The number of aryl methyl sites for hydroxylation is 1. The van der Waals surface area contributed by atoms with Crippen LogP contribution >= 0.6 is 0 Å². The number of nitrogens with one attached hydrogen (secondary N) is 2. The Bertz CT molecular complexity index is 876. The summed E-state index contributed by atoms with van der Waals surface area (Å²) in [7, 11) is 0. The molecule has 1 heterocycles. The molecule has 0 saturated heterocycles. The third-order valence-corrected chi connectivity index (χ3v) is 4.69. The maximum Gasteiger partial charge on any atom is 0.261 e. The Morgan fingerprint density at radius 3 is 1.83 bits per heavy atom. The fourth-order valence-corrected chi connectivity index (χ4v) is 3.14. The minimum absolute atomic E-state index is 0.0213. The van der Waals surface area contributed by atoms with Gasteiger partial charge in [0, 0.05) is 32.5 Å². The number of rotatable bonds is 9. The zero-order valence-corrected chi connectivity index (χ0v) is 16.0. The van der Waals surface area contributed by atoms with Gasteiger partial charge in [-0.1, -0.05) is 42.5 Å². The van der Waals surface area contributed by atoms with Crippen molar-refractivity contribution < 1.29 is 19.2 Å². The van der Waals surface area contributed by atoms with E-state index in [1.54, 1.807) is 24.3 Å². The van der Waals surface area contributed by atoms with Crippen molar-refractivity contribution in [3.05, 3.63) is 71.3 Å². The monoisotopic (exact) mass is 393 g/mol. The number of hydrogen-bond donors (Lipinski definition) is 2. The summed E-state index contributed by atoms with van der Waals surface area (Å²) in [5, 5.41) is 5.44. The van der Waals surface area contributed by atoms with Gasteiger partial charge in [0.25, 0.3) is 11.8 Å². The predicted molar refractivity (Wildman–Crippen MR) is 107 cm³/mol. The van der Waals surface area contributed by atoms with Crippen LogP contribution in [0.15, 0.2) is 54.6 Å². The average molecular weight is 393 g/mol. The lowest BCUT2D eigenvalue weighted by Gasteiger charge is -2.13. The van der Waals surface area contributed by atoms with Gasteiger partial charge in [0.05, 0.1) is 11.1 Å². The first-order valence-electron chi connectivity index (χ1n) is 9.59. The van der Waals surface area contributed by atoms with Crippen LogP contribution in [0.4, 0.5) is 0 Å². The van der Waals surface area contributed by atoms with Crippen LogP contribution in [-0.4, -0.2) is 48.2 Å². The highest BCUT2D eigenvalue weighted by molar-refractivity contribution is 6.21. The number of amides is 4. The summed E-state index contributed by atoms with van der Waals surface area (Å²) in [5.74, 6) is -1.10. The van der Waals surface area contributed by atoms with Crippen LogP contribution in [0, 0.1) is 0 Å². The van der Waals surface area contributed by atoms with E-state index in [0.29, 0.717) is 30.5 Å². The van der Waals surface area contributed by atoms with Crippen molar-refractivity contribution in [1.82, 2.24) is 15.5 Å². The molecule has 0 aliphatic carbocycles. The number of benzene rings is 2. The van der Waals surface area contributed by atoms with Gasteiger partial charge in [-0.2, -0.15) is 0 Å². The van der Waals surface area contributed by atoms with Gasteiger partial charge in [0.15, 0.2) is 0 Å². The number of hydrogen-bond acceptors (Lipinski definition) is 4. The Hall–Kier alpha value is -3.48. The third kappa shape index (κ3) is 5.28. The van der Waals surface area contributed by atoms with Crippen molar-refractivity contribution in [3.8, 4) is 0 Å². The summed E-state index contributed by atoms with van der Waals surface area (Å²) in [6.45, 7) is 0.645. The van der Waals surface area contributed by atoms with Crippen LogP contribution in [0.1, 0.15) is 39.1 Å². The molecule has 0 spiro atoms. The number of fused-ring (bicyclic) bond motifs is 1. The normalized spacial score (nSPS) is 12.6. The van der Waals surface area contributed by atoms with Crippen molar-refractivity contribution >= 4 is 23.6 Å². The lowest BCUT2D eigenvalue weighted by molar-refractivity contribution is -0.123. The number of imide groups is 1. The molecular weight excluding hydrogens is 370 g/mol. The highest BCUT2D eigenvalue weighted by atomic mass is 16.2. The van der Waals surface area contributed by atoms with Gasteiger partial charge in [-0.05, 0) is 24.1 Å². The van der Waals surface area contributed by atoms with Crippen LogP contribution in [0.2, 0.25) is 0 Å². The summed E-state index contributed by atoms with van der Waals surface area (Å²) in [6.07, 6.45) is 1.07. The minimum Gasteiger partial charge on any atom is -0.354 e. The summed E-state index contributed by atoms with van der Waals surface area (Å²) in [6, 6.07) is 16.4. The van der Waals surface area contributed by atoms with Crippen molar-refractivity contribution in [3.63, 3.8) is 0 Å². The van der Waals surface area contributed by atoms with Crippen LogP contribution in [0.25, 0.3) is 0 Å². The van der Waals surface area contributed by atoms with Gasteiger partial charge in [-0.15, -0.1) is 0 Å². The molecule has 1 aliphatic heterocycles. The number of carbonyl (C=O) groups excluding carboxylic acids is 4. The molecule has 7 nitrogen and oxygen atoms in total. The molecule has 2 aromatic carbocycles. The second-order valence-electron chi connectivity index (χ2n) is 6.74. The van der Waals surface area contributed by atoms with Gasteiger partial charge in [0.1, 0.15) is 0 Å². The highest BCUT2D eigenvalue weighted by Crippen LogP contribution is 2.22. The van der Waals surface area contributed by atoms with Crippen LogP contribution < -0.4 is 10.6 Å². The van der Waals surface area contributed by atoms with Crippen molar-refractivity contribution in [2.24, 2.45) is 0 Å². The van der Waals surface area contributed by atoms with E-state index in [4.69, 9.17) is 0 Å². The average Bonchev–Trinajstić information content (AvgIpc) is 2.99. The molecule has 0 radical (unpaired) electrons. The second-order valence-corrected chi connectivity index (χ2v) is 6.74. The second kappa shape index (κ2) is 9.64. The summed E-state index contributed by atoms with van der Waals surface area (Å²) in [4.78, 5) is 49.4. The van der Waals surface area contributed by atoms with Gasteiger partial charge >= 0.3 is 0 Å². The molecule has 1 aliphatic rings. The molecule has 2 aromatic rings. The first-order chi connectivity index (χ1) is 14.1. The Labute approximate surface area is 169 Å². The number of nitrogens with zero attached hydrogens (tertiary/aromatic N) is 1. The molecule has 150 valence electrons. The predicted octanol–water partition coefficient (Wildman–Crippen LogP) is 1.54. The lowest BCUT2D eigenvalue weighted by atomic mass is 10.1. The van der Waals surface area contributed by atoms with E-state index < -0.39 is 0 Å². The van der Waals surface area contributed by atoms with Crippen molar-refractivity contribution in [2.75, 3.05) is 19.6 Å². The molecule has 0 fully saturated rings. The topological polar surface area (TPSA) is 95.6 Å². The maximum atomic E-state index is 12.2. The number of carbonyl (C=O) groups is 4. The van der Waals surface area contributed by atoms with Gasteiger partial charge in [-0.3, -0.25) is 24.1 Å². The molecule has 0 bridgehead atoms. The van der Waals surface area contributed by atoms with E-state index in [9.17, 15) is 19.2 Å². The quantitative estimate of drug-likeness (QED) is 0.499. The molecule has 0 unspecified atom stereocenters. The standard InChI is InChI=1S/C22H23N3O4/c26-19(11-10-16-6-2-1-3-7-16)23-13-14-24-20(27)12-15-25-21(28)17-8-4-5-9-18(17)22(25)29/h1-9H,10-15H2,(H,23,26)(H,24,27). The van der Waals surface area contributed by atoms with Gasteiger partial charge < -0.3 is 10.6 Å². The molecule has 0 saturated carbocycles. The molecule has 29 heavy (non-hydrogen) atoms. The SMILES string of the molecule is O=C(CCc1ccccc1)NCCNC(=O)CCN1C(=O)c2ccccc2C1=O. The largest absolute Gasteiger partial charge is 0.354 e. The van der Waals surface area contributed by atoms with Crippen LogP contribution in [0.3, 0.4) is 0 Å². The smallest absolute Gasteiger partial charge is 0.261 e. The molecule has 7 heteroatoms. The molecule has 4 amide bonds. The Balaban J connectivity index is 1.31. The molecule has 0 atom stereocenters. The van der Waals surface area contributed by atoms with Gasteiger partial charge in [0.2, 0.25) is 11.8 Å². The maximum absolute atomic E-state index is 12.2. The van der Waals surface area contributed by atoms with Crippen LogP contribution in [0.5, 0.6) is 0 Å². The summed E-state index contributed by atoms with van der Waals surface area (Å²) >= 11 is 0.